The molecule has 8 saturated carbocycles. The summed E-state index contributed by atoms with van der Waals surface area (Å²) in [6, 6.07) is 59.9. The summed E-state index contributed by atoms with van der Waals surface area (Å²) in [5, 5.41) is 12.0. The van der Waals surface area contributed by atoms with E-state index >= 15 is 0 Å². The first-order chi connectivity index (χ1) is 33.4. The molecule has 7 aromatic carbocycles. The minimum Gasteiger partial charge on any atom is -0.208 e. The van der Waals surface area contributed by atoms with Crippen LogP contribution in [0.2, 0.25) is 0 Å². The Labute approximate surface area is 400 Å². The molecule has 4 heteroatoms. The van der Waals surface area contributed by atoms with E-state index in [2.05, 4.69) is 140 Å². The molecule has 1 aromatic heterocycles. The van der Waals surface area contributed by atoms with E-state index in [-0.39, 0.29) is 0 Å². The molecule has 0 amide bonds. The quantitative estimate of drug-likeness (QED) is 0.153. The van der Waals surface area contributed by atoms with Gasteiger partial charge in [0.2, 0.25) is 0 Å². The largest absolute Gasteiger partial charge is 0.208 e. The Morgan fingerprint density at radius 1 is 0.338 bits per heavy atom. The molecule has 16 rings (SSSR count). The SMILES string of the molecule is N#Cc1ccc(-c2cc(-c3ccc4ccccc4c3)cc(-c3nc(-c4ccc(-c5ccc(C67C[C@H]8C[C@@H](C6)C[C@@H](C7)C8)cc5)cc4)nc(-c4ccc(C56C[C@H]7C[C@@H](C5)C[C@@H](C6)C7)cc4)n3)c2)cc1. The van der Waals surface area contributed by atoms with Crippen molar-refractivity contribution in [1.82, 2.24) is 15.0 Å². The van der Waals surface area contributed by atoms with Crippen LogP contribution < -0.4 is 0 Å². The highest BCUT2D eigenvalue weighted by atomic mass is 15.0. The average molecular weight is 881 g/mol. The van der Waals surface area contributed by atoms with Gasteiger partial charge in [-0.1, -0.05) is 121 Å². The zero-order valence-electron chi connectivity index (χ0n) is 38.7. The molecule has 8 aliphatic carbocycles. The van der Waals surface area contributed by atoms with Gasteiger partial charge < -0.3 is 0 Å². The Morgan fingerprint density at radius 3 is 1.18 bits per heavy atom. The first kappa shape index (κ1) is 40.4. The van der Waals surface area contributed by atoms with Crippen LogP contribution in [0.4, 0.5) is 0 Å². The van der Waals surface area contributed by atoms with Gasteiger partial charge in [0.25, 0.3) is 0 Å². The van der Waals surface area contributed by atoms with Crippen molar-refractivity contribution in [3.05, 3.63) is 174 Å². The molecule has 8 fully saturated rings. The van der Waals surface area contributed by atoms with Crippen LogP contribution in [0.1, 0.15) is 93.7 Å². The van der Waals surface area contributed by atoms with Gasteiger partial charge in [0, 0.05) is 16.7 Å². The summed E-state index contributed by atoms with van der Waals surface area (Å²) >= 11 is 0. The minimum atomic E-state index is 0.324. The maximum absolute atomic E-state index is 9.63. The summed E-state index contributed by atoms with van der Waals surface area (Å²) in [7, 11) is 0. The standard InChI is InChI=1S/C64H56N4/c65-39-40-5-7-50(8-6-40)55-30-56(54-14-11-47-3-1-2-4-53(47)29-54)32-57(31-55)62-67-60(66-61(68-62)52-17-21-59(22-18-52)64-36-44-26-45(37-64)28-46(27-44)38-64)51-12-9-48(10-13-51)49-15-19-58(20-16-49)63-33-41-23-42(34-63)25-43(24-41)35-63/h1-22,29-32,41-46H,23-28,33-38H2/t41-,42+,43-,44-,45+,46-,63?,64?. The van der Waals surface area contributed by atoms with Gasteiger partial charge in [0.15, 0.2) is 17.5 Å². The molecule has 1 heterocycles. The fourth-order valence-corrected chi connectivity index (χ4v) is 15.7. The predicted molar refractivity (Wildman–Crippen MR) is 274 cm³/mol. The first-order valence-electron chi connectivity index (χ1n) is 25.6. The number of hydrogen-bond donors (Lipinski definition) is 0. The van der Waals surface area contributed by atoms with E-state index in [4.69, 9.17) is 15.0 Å². The van der Waals surface area contributed by atoms with Gasteiger partial charge in [-0.25, -0.2) is 15.0 Å². The Kier molecular flexibility index (Phi) is 9.31. The van der Waals surface area contributed by atoms with Gasteiger partial charge in [-0.05, 0) is 215 Å². The van der Waals surface area contributed by atoms with E-state index in [9.17, 15) is 5.26 Å². The zero-order valence-corrected chi connectivity index (χ0v) is 38.7. The Hall–Kier alpha value is -6.70. The van der Waals surface area contributed by atoms with Crippen LogP contribution in [0.25, 0.3) is 78.3 Å². The van der Waals surface area contributed by atoms with Crippen LogP contribution in [-0.4, -0.2) is 15.0 Å². The van der Waals surface area contributed by atoms with Crippen molar-refractivity contribution < 1.29 is 0 Å². The molecule has 332 valence electrons. The van der Waals surface area contributed by atoms with Gasteiger partial charge in [0.05, 0.1) is 11.6 Å². The second-order valence-corrected chi connectivity index (χ2v) is 22.5. The number of fused-ring (bicyclic) bond motifs is 1. The van der Waals surface area contributed by atoms with Gasteiger partial charge in [-0.15, -0.1) is 0 Å². The maximum atomic E-state index is 9.63. The number of rotatable bonds is 8. The van der Waals surface area contributed by atoms with Crippen LogP contribution in [0.3, 0.4) is 0 Å². The third-order valence-corrected chi connectivity index (χ3v) is 18.1. The Morgan fingerprint density at radius 2 is 0.691 bits per heavy atom. The molecule has 8 aromatic rings. The number of hydrogen-bond acceptors (Lipinski definition) is 4. The number of aromatic nitrogens is 3. The Bertz CT molecular complexity index is 3210. The third-order valence-electron chi connectivity index (χ3n) is 18.1. The zero-order chi connectivity index (χ0) is 45.0. The van der Waals surface area contributed by atoms with E-state index in [1.165, 1.54) is 105 Å². The molecule has 0 spiro atoms. The lowest BCUT2D eigenvalue weighted by molar-refractivity contribution is -0.00530. The molecule has 0 aliphatic heterocycles. The van der Waals surface area contributed by atoms with E-state index in [1.54, 1.807) is 5.56 Å². The van der Waals surface area contributed by atoms with Crippen molar-refractivity contribution in [2.75, 3.05) is 0 Å². The van der Waals surface area contributed by atoms with E-state index in [0.717, 1.165) is 74.5 Å². The fraction of sp³-hybridized carbons (Fsp3) is 0.312. The van der Waals surface area contributed by atoms with Crippen LogP contribution in [0.5, 0.6) is 0 Å². The van der Waals surface area contributed by atoms with Gasteiger partial charge >= 0.3 is 0 Å². The van der Waals surface area contributed by atoms with Crippen molar-refractivity contribution in [2.24, 2.45) is 35.5 Å². The third kappa shape index (κ3) is 7.03. The normalized spacial score (nSPS) is 27.4. The predicted octanol–water partition coefficient (Wildman–Crippen LogP) is 15.8. The lowest BCUT2D eigenvalue weighted by Crippen LogP contribution is -2.48. The fourth-order valence-electron chi connectivity index (χ4n) is 15.7. The molecular formula is C64H56N4. The summed E-state index contributed by atoms with van der Waals surface area (Å²) in [5.41, 5.74) is 14.1. The number of nitrogens with zero attached hydrogens (tertiary/aromatic N) is 4. The van der Waals surface area contributed by atoms with Crippen molar-refractivity contribution in [3.63, 3.8) is 0 Å². The highest BCUT2D eigenvalue weighted by molar-refractivity contribution is 5.89. The van der Waals surface area contributed by atoms with Crippen LogP contribution >= 0.6 is 0 Å². The molecule has 0 N–H and O–H groups in total. The summed E-state index contributed by atoms with van der Waals surface area (Å²) in [4.78, 5) is 16.0. The highest BCUT2D eigenvalue weighted by Crippen LogP contribution is 2.62. The molecule has 8 bridgehead atoms. The number of nitriles is 1. The molecular weight excluding hydrogens is 825 g/mol. The monoisotopic (exact) mass is 880 g/mol. The van der Waals surface area contributed by atoms with Gasteiger partial charge in [0.1, 0.15) is 0 Å². The molecule has 68 heavy (non-hydrogen) atoms. The van der Waals surface area contributed by atoms with Gasteiger partial charge in [-0.3, -0.25) is 0 Å². The Balaban J connectivity index is 0.855. The van der Waals surface area contributed by atoms with E-state index in [0.29, 0.717) is 33.9 Å². The highest BCUT2D eigenvalue weighted by Gasteiger charge is 2.52. The van der Waals surface area contributed by atoms with Crippen molar-refractivity contribution in [1.29, 1.82) is 5.26 Å². The summed E-state index contributed by atoms with van der Waals surface area (Å²) in [6.07, 6.45) is 16.9. The topological polar surface area (TPSA) is 62.5 Å². The molecule has 4 nitrogen and oxygen atoms in total. The summed E-state index contributed by atoms with van der Waals surface area (Å²) in [6.45, 7) is 0. The second kappa shape index (κ2) is 15.7. The molecule has 0 saturated heterocycles. The van der Waals surface area contributed by atoms with Crippen molar-refractivity contribution in [3.8, 4) is 73.6 Å². The lowest BCUT2D eigenvalue weighted by Gasteiger charge is -2.57. The lowest BCUT2D eigenvalue weighted by atomic mass is 9.48. The minimum absolute atomic E-state index is 0.324. The van der Waals surface area contributed by atoms with Gasteiger partial charge in [-0.2, -0.15) is 5.26 Å². The molecule has 0 radical (unpaired) electrons. The summed E-state index contributed by atoms with van der Waals surface area (Å²) in [5.74, 6) is 7.48. The average Bonchev–Trinajstić information content (AvgIpc) is 3.37. The number of benzene rings is 7. The van der Waals surface area contributed by atoms with Crippen LogP contribution in [0, 0.1) is 46.8 Å². The first-order valence-corrected chi connectivity index (χ1v) is 25.6. The van der Waals surface area contributed by atoms with E-state index < -0.39 is 0 Å². The van der Waals surface area contributed by atoms with Crippen LogP contribution in [0.15, 0.2) is 158 Å². The molecule has 0 atom stereocenters. The maximum Gasteiger partial charge on any atom is 0.164 e. The van der Waals surface area contributed by atoms with Crippen molar-refractivity contribution >= 4 is 10.8 Å². The second-order valence-electron chi connectivity index (χ2n) is 22.5. The smallest absolute Gasteiger partial charge is 0.164 e. The van der Waals surface area contributed by atoms with E-state index in [1.807, 2.05) is 24.3 Å². The molecule has 0 unspecified atom stereocenters. The molecule has 8 aliphatic rings. The van der Waals surface area contributed by atoms with Crippen molar-refractivity contribution in [2.45, 2.75) is 87.9 Å². The van der Waals surface area contributed by atoms with Crippen LogP contribution in [-0.2, 0) is 10.8 Å². The summed E-state index contributed by atoms with van der Waals surface area (Å²) < 4.78 is 0.